The Labute approximate surface area is 214 Å². The van der Waals surface area contributed by atoms with E-state index < -0.39 is 6.04 Å². The SMILES string of the molecule is CC1=C(c2nc(-c3cccc(C)c3)no2)C(c2cccc(F)c2)NC(=S)N1c1ccc2c(c1)CCC2. The molecule has 1 aliphatic carbocycles. The number of nitrogens with zero attached hydrogens (tertiary/aromatic N) is 3. The number of aromatic nitrogens is 2. The third kappa shape index (κ3) is 3.99. The third-order valence-electron chi connectivity index (χ3n) is 6.94. The van der Waals surface area contributed by atoms with Gasteiger partial charge < -0.3 is 9.84 Å². The molecule has 1 N–H and O–H groups in total. The van der Waals surface area contributed by atoms with Crippen LogP contribution in [0.2, 0.25) is 0 Å². The zero-order valence-electron chi connectivity index (χ0n) is 20.1. The van der Waals surface area contributed by atoms with Crippen LogP contribution in [-0.4, -0.2) is 15.3 Å². The molecule has 0 saturated heterocycles. The second-order valence-electron chi connectivity index (χ2n) is 9.37. The van der Waals surface area contributed by atoms with E-state index in [-0.39, 0.29) is 5.82 Å². The molecule has 1 atom stereocenters. The van der Waals surface area contributed by atoms with Crippen LogP contribution in [0.4, 0.5) is 10.1 Å². The molecule has 180 valence electrons. The quantitative estimate of drug-likeness (QED) is 0.324. The maximum atomic E-state index is 14.2. The smallest absolute Gasteiger partial charge is 0.258 e. The average Bonchev–Trinajstić information content (AvgIpc) is 3.53. The molecule has 4 aromatic rings. The van der Waals surface area contributed by atoms with Gasteiger partial charge in [0.2, 0.25) is 5.82 Å². The molecule has 1 aromatic heterocycles. The number of benzene rings is 3. The highest BCUT2D eigenvalue weighted by molar-refractivity contribution is 7.80. The predicted octanol–water partition coefficient (Wildman–Crippen LogP) is 6.54. The van der Waals surface area contributed by atoms with Crippen molar-refractivity contribution in [2.45, 2.75) is 39.2 Å². The topological polar surface area (TPSA) is 54.2 Å². The van der Waals surface area contributed by atoms with E-state index in [1.54, 1.807) is 6.07 Å². The van der Waals surface area contributed by atoms with E-state index in [4.69, 9.17) is 21.7 Å². The van der Waals surface area contributed by atoms with Gasteiger partial charge in [-0.1, -0.05) is 47.1 Å². The molecule has 36 heavy (non-hydrogen) atoms. The van der Waals surface area contributed by atoms with Gasteiger partial charge in [0.15, 0.2) is 5.11 Å². The molecule has 3 aromatic carbocycles. The van der Waals surface area contributed by atoms with Crippen molar-refractivity contribution in [3.05, 3.63) is 106 Å². The minimum atomic E-state index is -0.440. The van der Waals surface area contributed by atoms with E-state index in [0.29, 0.717) is 16.8 Å². The summed E-state index contributed by atoms with van der Waals surface area (Å²) in [5.74, 6) is 0.563. The van der Waals surface area contributed by atoms with Crippen molar-refractivity contribution in [3.63, 3.8) is 0 Å². The number of thiocarbonyl (C=S) groups is 1. The molecule has 7 heteroatoms. The number of aryl methyl sites for hydroxylation is 3. The third-order valence-corrected chi connectivity index (χ3v) is 7.24. The van der Waals surface area contributed by atoms with E-state index in [1.165, 1.54) is 29.7 Å². The normalized spacial score (nSPS) is 17.4. The van der Waals surface area contributed by atoms with Crippen LogP contribution in [-0.2, 0) is 12.8 Å². The molecule has 0 bridgehead atoms. The lowest BCUT2D eigenvalue weighted by molar-refractivity contribution is 0.404. The van der Waals surface area contributed by atoms with E-state index in [2.05, 4.69) is 28.7 Å². The van der Waals surface area contributed by atoms with Gasteiger partial charge >= 0.3 is 0 Å². The van der Waals surface area contributed by atoms with Crippen molar-refractivity contribution in [2.75, 3.05) is 4.90 Å². The van der Waals surface area contributed by atoms with Crippen LogP contribution >= 0.6 is 12.2 Å². The molecule has 1 aliphatic heterocycles. The van der Waals surface area contributed by atoms with Crippen LogP contribution in [0.3, 0.4) is 0 Å². The standard InChI is InChI=1S/C29H25FN4OS/c1-17-6-3-10-22(14-17)27-32-28(35-33-27)25-18(2)34(24-13-12-19-7-4-8-20(19)16-24)29(36)31-26(25)21-9-5-11-23(30)15-21/h3,5-6,9-16,26H,4,7-8H2,1-2H3,(H,31,36). The second-order valence-corrected chi connectivity index (χ2v) is 9.76. The number of halogens is 1. The van der Waals surface area contributed by atoms with Gasteiger partial charge in [-0.2, -0.15) is 4.98 Å². The zero-order chi connectivity index (χ0) is 24.8. The lowest BCUT2D eigenvalue weighted by atomic mass is 9.94. The Bertz CT molecular complexity index is 1530. The Hall–Kier alpha value is -3.84. The Morgan fingerprint density at radius 3 is 2.67 bits per heavy atom. The zero-order valence-corrected chi connectivity index (χ0v) is 20.9. The van der Waals surface area contributed by atoms with E-state index in [0.717, 1.165) is 46.5 Å². The highest BCUT2D eigenvalue weighted by Crippen LogP contribution is 2.40. The highest BCUT2D eigenvalue weighted by atomic mass is 32.1. The van der Waals surface area contributed by atoms with Crippen LogP contribution in [0.1, 0.15) is 47.5 Å². The number of rotatable bonds is 4. The molecular formula is C29H25FN4OS. The lowest BCUT2D eigenvalue weighted by Gasteiger charge is -2.37. The molecule has 6 rings (SSSR count). The number of anilines is 1. The van der Waals surface area contributed by atoms with E-state index in [9.17, 15) is 4.39 Å². The van der Waals surface area contributed by atoms with Crippen LogP contribution < -0.4 is 10.2 Å². The molecular weight excluding hydrogens is 471 g/mol. The van der Waals surface area contributed by atoms with Gasteiger partial charge in [-0.15, -0.1) is 0 Å². The first-order chi connectivity index (χ1) is 17.5. The van der Waals surface area contributed by atoms with Gasteiger partial charge in [-0.05, 0) is 92.4 Å². The summed E-state index contributed by atoms with van der Waals surface area (Å²) in [7, 11) is 0. The lowest BCUT2D eigenvalue weighted by Crippen LogP contribution is -2.46. The summed E-state index contributed by atoms with van der Waals surface area (Å²) >= 11 is 5.84. The summed E-state index contributed by atoms with van der Waals surface area (Å²) in [5, 5.41) is 8.24. The van der Waals surface area contributed by atoms with Crippen molar-refractivity contribution in [3.8, 4) is 11.4 Å². The van der Waals surface area contributed by atoms with Crippen molar-refractivity contribution in [2.24, 2.45) is 0 Å². The number of hydrogen-bond donors (Lipinski definition) is 1. The molecule has 2 heterocycles. The maximum Gasteiger partial charge on any atom is 0.258 e. The molecule has 0 saturated carbocycles. The Morgan fingerprint density at radius 2 is 1.83 bits per heavy atom. The van der Waals surface area contributed by atoms with Crippen LogP contribution in [0, 0.1) is 12.7 Å². The largest absolute Gasteiger partial charge is 0.351 e. The minimum absolute atomic E-state index is 0.316. The van der Waals surface area contributed by atoms with Gasteiger partial charge in [-0.3, -0.25) is 4.90 Å². The first-order valence-electron chi connectivity index (χ1n) is 12.1. The van der Waals surface area contributed by atoms with Crippen LogP contribution in [0.5, 0.6) is 0 Å². The Morgan fingerprint density at radius 1 is 1.00 bits per heavy atom. The Balaban J connectivity index is 1.49. The minimum Gasteiger partial charge on any atom is -0.351 e. The highest BCUT2D eigenvalue weighted by Gasteiger charge is 2.35. The van der Waals surface area contributed by atoms with Gasteiger partial charge in [0, 0.05) is 16.9 Å². The molecule has 0 radical (unpaired) electrons. The van der Waals surface area contributed by atoms with Crippen LogP contribution in [0.25, 0.3) is 17.0 Å². The van der Waals surface area contributed by atoms with E-state index in [1.807, 2.05) is 49.1 Å². The van der Waals surface area contributed by atoms with Crippen molar-refractivity contribution >= 4 is 28.6 Å². The van der Waals surface area contributed by atoms with Gasteiger partial charge in [0.25, 0.3) is 5.89 Å². The number of fused-ring (bicyclic) bond motifs is 1. The number of hydrogen-bond acceptors (Lipinski definition) is 4. The Kier molecular flexibility index (Phi) is 5.64. The monoisotopic (exact) mass is 496 g/mol. The van der Waals surface area contributed by atoms with Gasteiger partial charge in [0.05, 0.1) is 11.6 Å². The number of allylic oxidation sites excluding steroid dienone is 1. The molecule has 5 nitrogen and oxygen atoms in total. The van der Waals surface area contributed by atoms with Gasteiger partial charge in [-0.25, -0.2) is 4.39 Å². The summed E-state index contributed by atoms with van der Waals surface area (Å²) in [6.45, 7) is 4.02. The van der Waals surface area contributed by atoms with Crippen molar-refractivity contribution in [1.82, 2.24) is 15.5 Å². The van der Waals surface area contributed by atoms with Crippen LogP contribution in [0.15, 0.2) is 77.0 Å². The van der Waals surface area contributed by atoms with E-state index >= 15 is 0 Å². The molecule has 1 unspecified atom stereocenters. The summed E-state index contributed by atoms with van der Waals surface area (Å²) in [5.41, 5.74) is 8.09. The van der Waals surface area contributed by atoms with Crippen molar-refractivity contribution < 1.29 is 8.91 Å². The molecule has 2 aliphatic rings. The summed E-state index contributed by atoms with van der Waals surface area (Å²) in [6.07, 6.45) is 3.36. The fourth-order valence-corrected chi connectivity index (χ4v) is 5.56. The fourth-order valence-electron chi connectivity index (χ4n) is 5.20. The molecule has 0 amide bonds. The summed E-state index contributed by atoms with van der Waals surface area (Å²) in [4.78, 5) is 6.78. The first-order valence-corrected chi connectivity index (χ1v) is 12.5. The molecule has 0 fully saturated rings. The number of nitrogens with one attached hydrogen (secondary N) is 1. The predicted molar refractivity (Wildman–Crippen MR) is 143 cm³/mol. The maximum absolute atomic E-state index is 14.2. The van der Waals surface area contributed by atoms with Gasteiger partial charge in [0.1, 0.15) is 5.82 Å². The summed E-state index contributed by atoms with van der Waals surface area (Å²) < 4.78 is 20.1. The van der Waals surface area contributed by atoms with Crippen molar-refractivity contribution in [1.29, 1.82) is 0 Å². The summed E-state index contributed by atoms with van der Waals surface area (Å²) in [6, 6.07) is 20.5. The first kappa shape index (κ1) is 22.6. The average molecular weight is 497 g/mol. The second kappa shape index (κ2) is 8.99. The fraction of sp³-hybridized carbons (Fsp3) is 0.207. The molecule has 0 spiro atoms.